The molecule has 2 nitrogen and oxygen atoms in total. The normalized spacial score (nSPS) is 10.4. The van der Waals surface area contributed by atoms with Crippen molar-refractivity contribution in [2.45, 2.75) is 20.4 Å². The maximum Gasteiger partial charge on any atom is 0.129 e. The minimum Gasteiger partial charge on any atom is -0.379 e. The van der Waals surface area contributed by atoms with Crippen molar-refractivity contribution in [3.63, 3.8) is 0 Å². The highest BCUT2D eigenvalue weighted by Crippen LogP contribution is 2.19. The molecule has 0 aliphatic heterocycles. The fourth-order valence-electron chi connectivity index (χ4n) is 1.66. The number of nitrogens with one attached hydrogen (secondary N) is 1. The van der Waals surface area contributed by atoms with Crippen LogP contribution in [0.15, 0.2) is 30.3 Å². The molecule has 0 amide bonds. The summed E-state index contributed by atoms with van der Waals surface area (Å²) in [4.78, 5) is 4.19. The standard InChI is InChI=1S/C14H14Cl2N2/c1-9-3-4-11(7-12(9)15)8-17-13-5-6-14(16)18-10(13)2/h3-7,17H,8H2,1-2H3. The summed E-state index contributed by atoms with van der Waals surface area (Å²) in [5.41, 5.74) is 4.10. The van der Waals surface area contributed by atoms with Gasteiger partial charge in [-0.2, -0.15) is 0 Å². The highest BCUT2D eigenvalue weighted by molar-refractivity contribution is 6.31. The molecule has 0 aliphatic rings. The first-order valence-corrected chi connectivity index (χ1v) is 6.44. The third kappa shape index (κ3) is 3.15. The maximum absolute atomic E-state index is 6.09. The van der Waals surface area contributed by atoms with Gasteiger partial charge in [-0.25, -0.2) is 4.98 Å². The van der Waals surface area contributed by atoms with Gasteiger partial charge < -0.3 is 5.32 Å². The zero-order chi connectivity index (χ0) is 13.1. The van der Waals surface area contributed by atoms with Crippen molar-refractivity contribution >= 4 is 28.9 Å². The fraction of sp³-hybridized carbons (Fsp3) is 0.214. The molecule has 0 spiro atoms. The van der Waals surface area contributed by atoms with Gasteiger partial charge >= 0.3 is 0 Å². The molecule has 0 unspecified atom stereocenters. The topological polar surface area (TPSA) is 24.9 Å². The number of nitrogens with zero attached hydrogens (tertiary/aromatic N) is 1. The van der Waals surface area contributed by atoms with Crippen molar-refractivity contribution < 1.29 is 0 Å². The summed E-state index contributed by atoms with van der Waals surface area (Å²) in [7, 11) is 0. The third-order valence-electron chi connectivity index (χ3n) is 2.77. The molecule has 2 rings (SSSR count). The van der Waals surface area contributed by atoms with E-state index < -0.39 is 0 Å². The number of hydrogen-bond acceptors (Lipinski definition) is 2. The first kappa shape index (κ1) is 13.2. The minimum absolute atomic E-state index is 0.511. The molecule has 0 fully saturated rings. The lowest BCUT2D eigenvalue weighted by Gasteiger charge is -2.10. The smallest absolute Gasteiger partial charge is 0.129 e. The summed E-state index contributed by atoms with van der Waals surface area (Å²) in [6, 6.07) is 9.77. The molecule has 1 aromatic heterocycles. The Morgan fingerprint density at radius 3 is 2.56 bits per heavy atom. The quantitative estimate of drug-likeness (QED) is 0.830. The molecule has 2 aromatic rings. The van der Waals surface area contributed by atoms with Gasteiger partial charge in [0.1, 0.15) is 5.15 Å². The van der Waals surface area contributed by atoms with Gasteiger partial charge in [0.15, 0.2) is 0 Å². The van der Waals surface area contributed by atoms with Crippen LogP contribution in [0.4, 0.5) is 5.69 Å². The second-order valence-electron chi connectivity index (χ2n) is 4.20. The van der Waals surface area contributed by atoms with E-state index in [9.17, 15) is 0 Å². The summed E-state index contributed by atoms with van der Waals surface area (Å²) in [5, 5.41) is 4.63. The first-order chi connectivity index (χ1) is 8.56. The van der Waals surface area contributed by atoms with Crippen LogP contribution >= 0.6 is 23.2 Å². The van der Waals surface area contributed by atoms with E-state index >= 15 is 0 Å². The van der Waals surface area contributed by atoms with Crippen molar-refractivity contribution in [2.24, 2.45) is 0 Å². The molecule has 0 saturated carbocycles. The second-order valence-corrected chi connectivity index (χ2v) is 5.00. The average Bonchev–Trinajstić information content (AvgIpc) is 2.32. The molecule has 1 N–H and O–H groups in total. The first-order valence-electron chi connectivity index (χ1n) is 5.68. The molecule has 18 heavy (non-hydrogen) atoms. The van der Waals surface area contributed by atoms with E-state index in [1.54, 1.807) is 6.07 Å². The van der Waals surface area contributed by atoms with Crippen LogP contribution in [-0.4, -0.2) is 4.98 Å². The van der Waals surface area contributed by atoms with Crippen molar-refractivity contribution in [2.75, 3.05) is 5.32 Å². The molecule has 1 heterocycles. The van der Waals surface area contributed by atoms with Gasteiger partial charge in [0, 0.05) is 11.6 Å². The van der Waals surface area contributed by atoms with Crippen molar-refractivity contribution in [1.29, 1.82) is 0 Å². The van der Waals surface area contributed by atoms with E-state index in [1.807, 2.05) is 32.0 Å². The Bertz CT molecular complexity index is 568. The maximum atomic E-state index is 6.09. The Kier molecular flexibility index (Phi) is 4.10. The Hall–Kier alpha value is -1.25. The number of aryl methyl sites for hydroxylation is 2. The Labute approximate surface area is 117 Å². The van der Waals surface area contributed by atoms with Gasteiger partial charge in [-0.3, -0.25) is 0 Å². The highest BCUT2D eigenvalue weighted by Gasteiger charge is 2.02. The highest BCUT2D eigenvalue weighted by atomic mass is 35.5. The summed E-state index contributed by atoms with van der Waals surface area (Å²) < 4.78 is 0. The van der Waals surface area contributed by atoms with E-state index in [-0.39, 0.29) is 0 Å². The SMILES string of the molecule is Cc1ccc(CNc2ccc(Cl)nc2C)cc1Cl. The van der Waals surface area contributed by atoms with Crippen LogP contribution in [-0.2, 0) is 6.54 Å². The Balaban J connectivity index is 2.09. The summed E-state index contributed by atoms with van der Waals surface area (Å²) in [6.45, 7) is 4.63. The zero-order valence-electron chi connectivity index (χ0n) is 10.3. The van der Waals surface area contributed by atoms with Crippen molar-refractivity contribution in [1.82, 2.24) is 4.98 Å². The summed E-state index contributed by atoms with van der Waals surface area (Å²) in [5.74, 6) is 0. The van der Waals surface area contributed by atoms with Crippen LogP contribution in [0.2, 0.25) is 10.2 Å². The number of anilines is 1. The van der Waals surface area contributed by atoms with Gasteiger partial charge in [-0.05, 0) is 43.2 Å². The summed E-state index contributed by atoms with van der Waals surface area (Å²) >= 11 is 11.9. The molecular formula is C14H14Cl2N2. The lowest BCUT2D eigenvalue weighted by molar-refractivity contribution is 1.11. The fourth-order valence-corrected chi connectivity index (χ4v) is 2.05. The summed E-state index contributed by atoms with van der Waals surface area (Å²) in [6.07, 6.45) is 0. The average molecular weight is 281 g/mol. The van der Waals surface area contributed by atoms with Crippen LogP contribution < -0.4 is 5.32 Å². The lowest BCUT2D eigenvalue weighted by atomic mass is 10.1. The van der Waals surface area contributed by atoms with E-state index in [4.69, 9.17) is 23.2 Å². The van der Waals surface area contributed by atoms with Crippen molar-refractivity contribution in [3.8, 4) is 0 Å². The largest absolute Gasteiger partial charge is 0.379 e. The minimum atomic E-state index is 0.511. The number of rotatable bonds is 3. The van der Waals surface area contributed by atoms with Crippen LogP contribution in [0.1, 0.15) is 16.8 Å². The van der Waals surface area contributed by atoms with E-state index in [0.717, 1.165) is 27.5 Å². The van der Waals surface area contributed by atoms with Crippen LogP contribution in [0.25, 0.3) is 0 Å². The Morgan fingerprint density at radius 2 is 1.89 bits per heavy atom. The van der Waals surface area contributed by atoms with Gasteiger partial charge in [-0.1, -0.05) is 35.3 Å². The second kappa shape index (κ2) is 5.59. The van der Waals surface area contributed by atoms with Crippen molar-refractivity contribution in [3.05, 3.63) is 57.3 Å². The zero-order valence-corrected chi connectivity index (χ0v) is 11.8. The van der Waals surface area contributed by atoms with Crippen LogP contribution in [0.5, 0.6) is 0 Å². The molecule has 0 radical (unpaired) electrons. The van der Waals surface area contributed by atoms with E-state index in [2.05, 4.69) is 16.4 Å². The molecular weight excluding hydrogens is 267 g/mol. The van der Waals surface area contributed by atoms with Gasteiger partial charge in [-0.15, -0.1) is 0 Å². The molecule has 94 valence electrons. The number of halogens is 2. The number of pyridine rings is 1. The van der Waals surface area contributed by atoms with Gasteiger partial charge in [0.05, 0.1) is 11.4 Å². The van der Waals surface area contributed by atoms with E-state index in [0.29, 0.717) is 11.7 Å². The number of benzene rings is 1. The molecule has 0 bridgehead atoms. The molecule has 0 saturated heterocycles. The molecule has 4 heteroatoms. The van der Waals surface area contributed by atoms with Crippen LogP contribution in [0, 0.1) is 13.8 Å². The monoisotopic (exact) mass is 280 g/mol. The third-order valence-corrected chi connectivity index (χ3v) is 3.39. The predicted octanol–water partition coefficient (Wildman–Crippen LogP) is 4.62. The molecule has 0 atom stereocenters. The lowest BCUT2D eigenvalue weighted by Crippen LogP contribution is -2.02. The van der Waals surface area contributed by atoms with E-state index in [1.165, 1.54) is 0 Å². The Morgan fingerprint density at radius 1 is 1.11 bits per heavy atom. The predicted molar refractivity (Wildman–Crippen MR) is 77.5 cm³/mol. The number of aromatic nitrogens is 1. The van der Waals surface area contributed by atoms with Crippen LogP contribution in [0.3, 0.4) is 0 Å². The molecule has 0 aliphatic carbocycles. The molecule has 1 aromatic carbocycles. The van der Waals surface area contributed by atoms with Gasteiger partial charge in [0.2, 0.25) is 0 Å². The number of hydrogen-bond donors (Lipinski definition) is 1. The van der Waals surface area contributed by atoms with Gasteiger partial charge in [0.25, 0.3) is 0 Å².